The largest absolute Gasteiger partial charge is 0.391 e. The molecule has 7 nitrogen and oxygen atoms in total. The van der Waals surface area contributed by atoms with E-state index in [-0.39, 0.29) is 11.9 Å². The Morgan fingerprint density at radius 1 is 1.24 bits per heavy atom. The molecular formula is C22H29N5O2. The number of aliphatic hydroxyl groups is 1. The highest BCUT2D eigenvalue weighted by atomic mass is 16.3. The number of aryl methyl sites for hydroxylation is 1. The second-order valence-corrected chi connectivity index (χ2v) is 8.19. The number of nitrogens with zero attached hydrogens (tertiary/aromatic N) is 3. The number of carbonyl (C=O) groups is 1. The van der Waals surface area contributed by atoms with E-state index in [0.717, 1.165) is 36.3 Å². The van der Waals surface area contributed by atoms with Crippen LogP contribution in [0.4, 0.5) is 11.5 Å². The van der Waals surface area contributed by atoms with Gasteiger partial charge in [-0.25, -0.2) is 4.98 Å². The molecule has 1 saturated carbocycles. The minimum absolute atomic E-state index is 0.0701. The Kier molecular flexibility index (Phi) is 5.67. The van der Waals surface area contributed by atoms with Gasteiger partial charge >= 0.3 is 0 Å². The monoisotopic (exact) mass is 395 g/mol. The molecule has 154 valence electrons. The first-order chi connectivity index (χ1) is 14.0. The van der Waals surface area contributed by atoms with Crippen molar-refractivity contribution >= 4 is 17.4 Å². The van der Waals surface area contributed by atoms with Gasteiger partial charge in [-0.3, -0.25) is 9.78 Å². The summed E-state index contributed by atoms with van der Waals surface area (Å²) in [5.41, 5.74) is 2.70. The number of aromatic nitrogens is 2. The fraction of sp³-hybridized carbons (Fsp3) is 0.500. The quantitative estimate of drug-likeness (QED) is 0.721. The summed E-state index contributed by atoms with van der Waals surface area (Å²) in [4.78, 5) is 23.6. The van der Waals surface area contributed by atoms with Gasteiger partial charge in [0.2, 0.25) is 0 Å². The average Bonchev–Trinajstić information content (AvgIpc) is 3.12. The molecule has 1 aromatic heterocycles. The smallest absolute Gasteiger partial charge is 0.255 e. The molecule has 1 aromatic carbocycles. The van der Waals surface area contributed by atoms with Crippen LogP contribution in [0.1, 0.15) is 35.7 Å². The molecule has 0 radical (unpaired) electrons. The normalized spacial score (nSPS) is 26.1. The third-order valence-electron chi connectivity index (χ3n) is 6.10. The first-order valence-corrected chi connectivity index (χ1v) is 10.4. The SMILES string of the molecule is CCNc1ccc(C)cc1C(=O)N1C[C@H]2C[C@@H](Nc3cnccn3)[C@H](O)C[C@H]2C1. The molecule has 4 atom stereocenters. The lowest BCUT2D eigenvalue weighted by molar-refractivity contribution is 0.0727. The van der Waals surface area contributed by atoms with Crippen molar-refractivity contribution in [2.24, 2.45) is 11.8 Å². The van der Waals surface area contributed by atoms with E-state index in [4.69, 9.17) is 0 Å². The van der Waals surface area contributed by atoms with Gasteiger partial charge in [0, 0.05) is 37.7 Å². The minimum Gasteiger partial charge on any atom is -0.391 e. The Morgan fingerprint density at radius 2 is 2.03 bits per heavy atom. The fourth-order valence-corrected chi connectivity index (χ4v) is 4.67. The van der Waals surface area contributed by atoms with Gasteiger partial charge in [-0.1, -0.05) is 11.6 Å². The van der Waals surface area contributed by atoms with Crippen LogP contribution in [0.2, 0.25) is 0 Å². The molecular weight excluding hydrogens is 366 g/mol. The van der Waals surface area contributed by atoms with E-state index in [1.165, 1.54) is 0 Å². The molecule has 1 amide bonds. The van der Waals surface area contributed by atoms with Crippen molar-refractivity contribution in [3.8, 4) is 0 Å². The molecule has 1 saturated heterocycles. The maximum Gasteiger partial charge on any atom is 0.255 e. The molecule has 0 bridgehead atoms. The summed E-state index contributed by atoms with van der Waals surface area (Å²) in [6, 6.07) is 5.91. The summed E-state index contributed by atoms with van der Waals surface area (Å²) in [5.74, 6) is 1.47. The Labute approximate surface area is 171 Å². The van der Waals surface area contributed by atoms with Crippen molar-refractivity contribution in [2.75, 3.05) is 30.3 Å². The highest BCUT2D eigenvalue weighted by Crippen LogP contribution is 2.38. The predicted molar refractivity (Wildman–Crippen MR) is 113 cm³/mol. The van der Waals surface area contributed by atoms with E-state index in [1.807, 2.05) is 36.9 Å². The minimum atomic E-state index is -0.454. The molecule has 29 heavy (non-hydrogen) atoms. The summed E-state index contributed by atoms with van der Waals surface area (Å²) < 4.78 is 0. The van der Waals surface area contributed by atoms with E-state index in [0.29, 0.717) is 30.6 Å². The first-order valence-electron chi connectivity index (χ1n) is 10.4. The molecule has 4 rings (SSSR count). The summed E-state index contributed by atoms with van der Waals surface area (Å²) >= 11 is 0. The van der Waals surface area contributed by atoms with Gasteiger partial charge < -0.3 is 20.6 Å². The Morgan fingerprint density at radius 3 is 2.76 bits per heavy atom. The zero-order valence-corrected chi connectivity index (χ0v) is 17.0. The van der Waals surface area contributed by atoms with Gasteiger partial charge in [-0.05, 0) is 50.7 Å². The molecule has 2 fully saturated rings. The van der Waals surface area contributed by atoms with E-state index in [1.54, 1.807) is 18.6 Å². The number of rotatable bonds is 5. The third kappa shape index (κ3) is 4.19. The van der Waals surface area contributed by atoms with Crippen molar-refractivity contribution in [3.05, 3.63) is 47.9 Å². The molecule has 3 N–H and O–H groups in total. The number of nitrogens with one attached hydrogen (secondary N) is 2. The zero-order chi connectivity index (χ0) is 20.4. The van der Waals surface area contributed by atoms with Crippen LogP contribution < -0.4 is 10.6 Å². The summed E-state index contributed by atoms with van der Waals surface area (Å²) in [6.45, 7) is 6.25. The van der Waals surface area contributed by atoms with Crippen LogP contribution >= 0.6 is 0 Å². The topological polar surface area (TPSA) is 90.4 Å². The summed E-state index contributed by atoms with van der Waals surface area (Å²) in [5, 5.41) is 17.3. The fourth-order valence-electron chi connectivity index (χ4n) is 4.67. The van der Waals surface area contributed by atoms with Gasteiger partial charge in [0.25, 0.3) is 5.91 Å². The van der Waals surface area contributed by atoms with Gasteiger partial charge in [0.05, 0.1) is 23.9 Å². The van der Waals surface area contributed by atoms with E-state index in [2.05, 4.69) is 20.6 Å². The maximum absolute atomic E-state index is 13.3. The first kappa shape index (κ1) is 19.6. The Bertz CT molecular complexity index is 860. The second kappa shape index (κ2) is 8.37. The van der Waals surface area contributed by atoms with E-state index in [9.17, 15) is 9.90 Å². The number of fused-ring (bicyclic) bond motifs is 1. The van der Waals surface area contributed by atoms with Crippen LogP contribution in [0.15, 0.2) is 36.8 Å². The maximum atomic E-state index is 13.3. The number of hydrogen-bond donors (Lipinski definition) is 3. The molecule has 0 unspecified atom stereocenters. The number of benzene rings is 1. The van der Waals surface area contributed by atoms with Crippen molar-refractivity contribution in [3.63, 3.8) is 0 Å². The van der Waals surface area contributed by atoms with Crippen LogP contribution in [0.3, 0.4) is 0 Å². The van der Waals surface area contributed by atoms with Crippen LogP contribution in [0, 0.1) is 18.8 Å². The van der Waals surface area contributed by atoms with Crippen LogP contribution in [-0.2, 0) is 0 Å². The standard InChI is InChI=1S/C22H29N5O2/c1-3-24-18-5-4-14(2)8-17(18)22(29)27-12-15-9-19(20(28)10-16(15)13-27)26-21-11-23-6-7-25-21/h4-8,11,15-16,19-20,24,28H,3,9-10,12-13H2,1-2H3,(H,25,26)/t15-,16+,19-,20-/m1/s1. The molecule has 2 heterocycles. The van der Waals surface area contributed by atoms with Crippen LogP contribution in [0.25, 0.3) is 0 Å². The Hall–Kier alpha value is -2.67. The number of amides is 1. The van der Waals surface area contributed by atoms with E-state index >= 15 is 0 Å². The van der Waals surface area contributed by atoms with E-state index < -0.39 is 6.10 Å². The van der Waals surface area contributed by atoms with Gasteiger partial charge in [-0.15, -0.1) is 0 Å². The predicted octanol–water partition coefficient (Wildman–Crippen LogP) is 2.54. The number of aliphatic hydroxyl groups excluding tert-OH is 1. The lowest BCUT2D eigenvalue weighted by atomic mass is 9.77. The third-order valence-corrected chi connectivity index (χ3v) is 6.10. The number of likely N-dealkylation sites (tertiary alicyclic amines) is 1. The Balaban J connectivity index is 1.46. The highest BCUT2D eigenvalue weighted by Gasteiger charge is 2.43. The van der Waals surface area contributed by atoms with Gasteiger partial charge in [0.1, 0.15) is 5.82 Å². The van der Waals surface area contributed by atoms with Gasteiger partial charge in [-0.2, -0.15) is 0 Å². The van der Waals surface area contributed by atoms with Crippen LogP contribution in [0.5, 0.6) is 0 Å². The molecule has 1 aliphatic heterocycles. The van der Waals surface area contributed by atoms with Crippen molar-refractivity contribution in [2.45, 2.75) is 38.8 Å². The van der Waals surface area contributed by atoms with Gasteiger partial charge in [0.15, 0.2) is 0 Å². The number of anilines is 2. The van der Waals surface area contributed by atoms with Crippen molar-refractivity contribution in [1.82, 2.24) is 14.9 Å². The van der Waals surface area contributed by atoms with Crippen LogP contribution in [-0.4, -0.2) is 57.7 Å². The molecule has 0 spiro atoms. The average molecular weight is 396 g/mol. The molecule has 2 aliphatic rings. The van der Waals surface area contributed by atoms with Crippen molar-refractivity contribution < 1.29 is 9.90 Å². The zero-order valence-electron chi connectivity index (χ0n) is 17.0. The summed E-state index contributed by atoms with van der Waals surface area (Å²) in [6.07, 6.45) is 6.00. The highest BCUT2D eigenvalue weighted by molar-refractivity contribution is 6.00. The summed E-state index contributed by atoms with van der Waals surface area (Å²) in [7, 11) is 0. The number of carbonyl (C=O) groups excluding carboxylic acids is 1. The lowest BCUT2D eigenvalue weighted by Gasteiger charge is -2.35. The molecule has 2 aromatic rings. The molecule has 7 heteroatoms. The molecule has 1 aliphatic carbocycles. The van der Waals surface area contributed by atoms with Crippen molar-refractivity contribution in [1.29, 1.82) is 0 Å². The number of hydrogen-bond acceptors (Lipinski definition) is 6. The second-order valence-electron chi connectivity index (χ2n) is 8.19. The lowest BCUT2D eigenvalue weighted by Crippen LogP contribution is -2.43.